The third kappa shape index (κ3) is 3.64. The Labute approximate surface area is 158 Å². The lowest BCUT2D eigenvalue weighted by atomic mass is 9.88. The van der Waals surface area contributed by atoms with Gasteiger partial charge in [0, 0.05) is 27.0 Å². The van der Waals surface area contributed by atoms with Crippen molar-refractivity contribution >= 4 is 49.0 Å². The van der Waals surface area contributed by atoms with Gasteiger partial charge in [0.15, 0.2) is 11.4 Å². The first-order chi connectivity index (χ1) is 12.1. The van der Waals surface area contributed by atoms with Crippen LogP contribution in [0.4, 0.5) is 11.4 Å². The molecule has 2 aromatic carbocycles. The van der Waals surface area contributed by atoms with Crippen LogP contribution in [0.5, 0.6) is 0 Å². The molecule has 0 bridgehead atoms. The predicted octanol–water partition coefficient (Wildman–Crippen LogP) is 2.23. The van der Waals surface area contributed by atoms with Crippen molar-refractivity contribution in [1.29, 1.82) is 0 Å². The number of anilines is 2. The van der Waals surface area contributed by atoms with Crippen molar-refractivity contribution in [2.24, 2.45) is 0 Å². The van der Waals surface area contributed by atoms with E-state index >= 15 is 0 Å². The standard InChI is InChI=1S/C17H15BrN2O5S/c1-26(24,25)20-12-5-2-10(3-6-12)15(21)9-17(23)13-8-11(18)4-7-14(13)19-16(17)22/h2-8,20,23H,9H2,1H3,(H,19,22). The van der Waals surface area contributed by atoms with Gasteiger partial charge in [0.25, 0.3) is 5.91 Å². The molecule has 1 unspecified atom stereocenters. The van der Waals surface area contributed by atoms with Crippen LogP contribution in [0.2, 0.25) is 0 Å². The number of aliphatic hydroxyl groups is 1. The molecule has 136 valence electrons. The van der Waals surface area contributed by atoms with Crippen LogP contribution in [0.3, 0.4) is 0 Å². The van der Waals surface area contributed by atoms with E-state index in [4.69, 9.17) is 0 Å². The molecule has 0 saturated carbocycles. The summed E-state index contributed by atoms with van der Waals surface area (Å²) >= 11 is 3.29. The zero-order chi connectivity index (χ0) is 19.1. The second-order valence-electron chi connectivity index (χ2n) is 6.06. The predicted molar refractivity (Wildman–Crippen MR) is 101 cm³/mol. The third-order valence-electron chi connectivity index (χ3n) is 3.98. The lowest BCUT2D eigenvalue weighted by Gasteiger charge is -2.20. The van der Waals surface area contributed by atoms with Crippen molar-refractivity contribution in [3.63, 3.8) is 0 Å². The number of rotatable bonds is 5. The summed E-state index contributed by atoms with van der Waals surface area (Å²) in [7, 11) is -3.42. The minimum atomic E-state index is -3.42. The van der Waals surface area contributed by atoms with E-state index in [1.807, 2.05) is 0 Å². The Morgan fingerprint density at radius 1 is 1.23 bits per heavy atom. The Morgan fingerprint density at radius 3 is 2.50 bits per heavy atom. The topological polar surface area (TPSA) is 113 Å². The number of amides is 1. The van der Waals surface area contributed by atoms with E-state index < -0.39 is 33.7 Å². The monoisotopic (exact) mass is 438 g/mol. The minimum absolute atomic E-state index is 0.258. The van der Waals surface area contributed by atoms with Crippen molar-refractivity contribution in [3.8, 4) is 0 Å². The molecule has 1 aliphatic heterocycles. The van der Waals surface area contributed by atoms with Gasteiger partial charge < -0.3 is 10.4 Å². The number of ketones is 1. The molecule has 9 heteroatoms. The Balaban J connectivity index is 1.84. The zero-order valence-corrected chi connectivity index (χ0v) is 16.0. The molecule has 26 heavy (non-hydrogen) atoms. The number of carbonyl (C=O) groups is 2. The number of hydrogen-bond donors (Lipinski definition) is 3. The maximum Gasteiger partial charge on any atom is 0.261 e. The largest absolute Gasteiger partial charge is 0.375 e. The summed E-state index contributed by atoms with van der Waals surface area (Å²) < 4.78 is 25.4. The van der Waals surface area contributed by atoms with Gasteiger partial charge in [-0.3, -0.25) is 14.3 Å². The molecule has 1 heterocycles. The van der Waals surface area contributed by atoms with Crippen LogP contribution in [0.25, 0.3) is 0 Å². The van der Waals surface area contributed by atoms with Gasteiger partial charge in [-0.15, -0.1) is 0 Å². The first-order valence-corrected chi connectivity index (χ1v) is 10.2. The van der Waals surface area contributed by atoms with E-state index in [2.05, 4.69) is 26.0 Å². The van der Waals surface area contributed by atoms with E-state index in [0.717, 1.165) is 6.26 Å². The summed E-state index contributed by atoms with van der Waals surface area (Å²) in [4.78, 5) is 24.8. The number of benzene rings is 2. The third-order valence-corrected chi connectivity index (χ3v) is 5.08. The molecule has 0 spiro atoms. The second-order valence-corrected chi connectivity index (χ2v) is 8.72. The fraction of sp³-hybridized carbons (Fsp3) is 0.176. The molecule has 0 fully saturated rings. The number of hydrogen-bond acceptors (Lipinski definition) is 5. The molecule has 7 nitrogen and oxygen atoms in total. The van der Waals surface area contributed by atoms with Gasteiger partial charge in [-0.05, 0) is 42.5 Å². The molecule has 0 radical (unpaired) electrons. The lowest BCUT2D eigenvalue weighted by molar-refractivity contribution is -0.133. The molecule has 1 atom stereocenters. The SMILES string of the molecule is CS(=O)(=O)Nc1ccc(C(=O)CC2(O)C(=O)Nc3ccc(Br)cc32)cc1. The average molecular weight is 439 g/mol. The smallest absolute Gasteiger partial charge is 0.261 e. The summed E-state index contributed by atoms with van der Waals surface area (Å²) in [6, 6.07) is 10.7. The normalized spacial score (nSPS) is 19.0. The highest BCUT2D eigenvalue weighted by Crippen LogP contribution is 2.40. The molecule has 2 aromatic rings. The molecule has 3 rings (SSSR count). The fourth-order valence-electron chi connectivity index (χ4n) is 2.76. The number of sulfonamides is 1. The summed E-state index contributed by atoms with van der Waals surface area (Å²) in [6.07, 6.45) is 0.594. The van der Waals surface area contributed by atoms with E-state index in [-0.39, 0.29) is 5.56 Å². The summed E-state index contributed by atoms with van der Waals surface area (Å²) in [5.41, 5.74) is -0.592. The maximum absolute atomic E-state index is 12.6. The van der Waals surface area contributed by atoms with Gasteiger partial charge in [0.05, 0.1) is 12.7 Å². The first kappa shape index (κ1) is 18.6. The summed E-state index contributed by atoms with van der Waals surface area (Å²) in [5.74, 6) is -1.10. The van der Waals surface area contributed by atoms with Gasteiger partial charge >= 0.3 is 0 Å². The fourth-order valence-corrected chi connectivity index (χ4v) is 3.69. The van der Waals surface area contributed by atoms with Crippen molar-refractivity contribution in [1.82, 2.24) is 0 Å². The van der Waals surface area contributed by atoms with E-state index in [0.29, 0.717) is 21.4 Å². The number of fused-ring (bicyclic) bond motifs is 1. The maximum atomic E-state index is 12.6. The van der Waals surface area contributed by atoms with Crippen LogP contribution in [0.1, 0.15) is 22.3 Å². The molecule has 1 aliphatic rings. The summed E-state index contributed by atoms with van der Waals surface area (Å²) in [5, 5.41) is 13.4. The van der Waals surface area contributed by atoms with Crippen LogP contribution in [-0.4, -0.2) is 31.5 Å². The quantitative estimate of drug-likeness (QED) is 0.619. The molecular formula is C17H15BrN2O5S. The number of halogens is 1. The van der Waals surface area contributed by atoms with Crippen LogP contribution >= 0.6 is 15.9 Å². The van der Waals surface area contributed by atoms with E-state index in [1.54, 1.807) is 18.2 Å². The zero-order valence-electron chi connectivity index (χ0n) is 13.6. The van der Waals surface area contributed by atoms with Crippen LogP contribution in [0, 0.1) is 0 Å². The molecule has 3 N–H and O–H groups in total. The van der Waals surface area contributed by atoms with Gasteiger partial charge in [0.2, 0.25) is 10.0 Å². The van der Waals surface area contributed by atoms with Crippen LogP contribution in [0.15, 0.2) is 46.9 Å². The number of Topliss-reactive ketones (excluding diaryl/α,β-unsaturated/α-hetero) is 1. The highest BCUT2D eigenvalue weighted by atomic mass is 79.9. The highest BCUT2D eigenvalue weighted by molar-refractivity contribution is 9.10. The van der Waals surface area contributed by atoms with E-state index in [9.17, 15) is 23.1 Å². The van der Waals surface area contributed by atoms with Crippen molar-refractivity contribution in [2.75, 3.05) is 16.3 Å². The van der Waals surface area contributed by atoms with Gasteiger partial charge in [-0.25, -0.2) is 8.42 Å². The number of carbonyl (C=O) groups excluding carboxylic acids is 2. The summed E-state index contributed by atoms with van der Waals surface area (Å²) in [6.45, 7) is 0. The molecule has 0 aliphatic carbocycles. The van der Waals surface area contributed by atoms with Crippen molar-refractivity contribution < 1.29 is 23.1 Å². The first-order valence-electron chi connectivity index (χ1n) is 7.53. The molecule has 0 aromatic heterocycles. The van der Waals surface area contributed by atoms with Gasteiger partial charge in [0.1, 0.15) is 0 Å². The number of nitrogens with one attached hydrogen (secondary N) is 2. The van der Waals surface area contributed by atoms with E-state index in [1.165, 1.54) is 24.3 Å². The van der Waals surface area contributed by atoms with Crippen molar-refractivity contribution in [2.45, 2.75) is 12.0 Å². The highest BCUT2D eigenvalue weighted by Gasteiger charge is 2.46. The lowest BCUT2D eigenvalue weighted by Crippen LogP contribution is -2.36. The molecular weight excluding hydrogens is 424 g/mol. The Morgan fingerprint density at radius 2 is 1.88 bits per heavy atom. The molecule has 1 amide bonds. The van der Waals surface area contributed by atoms with Gasteiger partial charge in [-0.2, -0.15) is 0 Å². The Kier molecular flexibility index (Phi) is 4.63. The van der Waals surface area contributed by atoms with Gasteiger partial charge in [-0.1, -0.05) is 15.9 Å². The Bertz CT molecular complexity index is 1000. The minimum Gasteiger partial charge on any atom is -0.375 e. The average Bonchev–Trinajstić information content (AvgIpc) is 2.78. The van der Waals surface area contributed by atoms with Crippen molar-refractivity contribution in [3.05, 3.63) is 58.1 Å². The molecule has 0 saturated heterocycles. The second kappa shape index (κ2) is 6.49. The van der Waals surface area contributed by atoms with Crippen LogP contribution in [-0.2, 0) is 20.4 Å². The van der Waals surface area contributed by atoms with Crippen LogP contribution < -0.4 is 10.0 Å². The Hall–Kier alpha value is -2.23.